The second-order valence-electron chi connectivity index (χ2n) is 17.7. The molecule has 0 atom stereocenters. The molecule has 0 radical (unpaired) electrons. The van der Waals surface area contributed by atoms with Crippen LogP contribution in [0.4, 0.5) is 34.1 Å². The van der Waals surface area contributed by atoms with E-state index < -0.39 is 0 Å². The minimum atomic E-state index is -0.204. The Morgan fingerprint density at radius 1 is 0.286 bits per heavy atom. The van der Waals surface area contributed by atoms with Crippen molar-refractivity contribution in [1.29, 1.82) is 0 Å². The van der Waals surface area contributed by atoms with Gasteiger partial charge in [0, 0.05) is 34.1 Å². The van der Waals surface area contributed by atoms with Crippen molar-refractivity contribution < 1.29 is 9.59 Å². The molecule has 0 unspecified atom stereocenters. The maximum absolute atomic E-state index is 15.4. The average Bonchev–Trinajstić information content (AvgIpc) is 3.86. The van der Waals surface area contributed by atoms with Gasteiger partial charge < -0.3 is 19.6 Å². The fourth-order valence-electron chi connectivity index (χ4n) is 10.0. The maximum atomic E-state index is 15.4. The summed E-state index contributed by atoms with van der Waals surface area (Å²) >= 11 is 0. The van der Waals surface area contributed by atoms with Gasteiger partial charge in [-0.05, 0) is 117 Å². The van der Waals surface area contributed by atoms with Crippen LogP contribution in [0.15, 0.2) is 266 Å². The minimum Gasteiger partial charge on any atom is -0.310 e. The Morgan fingerprint density at radius 3 is 0.957 bits per heavy atom. The molecule has 6 heteroatoms. The average molecular weight is 903 g/mol. The zero-order chi connectivity index (χ0) is 47.0. The van der Waals surface area contributed by atoms with Gasteiger partial charge >= 0.3 is 0 Å². The van der Waals surface area contributed by atoms with Crippen LogP contribution in [-0.4, -0.2) is 21.6 Å². The first-order valence-electron chi connectivity index (χ1n) is 23.7. The molecule has 334 valence electrons. The molecule has 2 aliphatic heterocycles. The van der Waals surface area contributed by atoms with Gasteiger partial charge in [0.2, 0.25) is 0 Å². The molecular weight excluding hydrogens is 857 g/mol. The molecule has 10 aromatic rings. The lowest BCUT2D eigenvalue weighted by Crippen LogP contribution is -2.29. The summed E-state index contributed by atoms with van der Waals surface area (Å²) < 4.78 is 0. The molecule has 0 bridgehead atoms. The Bertz CT molecular complexity index is 3390. The van der Waals surface area contributed by atoms with E-state index in [1.165, 1.54) is 10.8 Å². The van der Waals surface area contributed by atoms with Gasteiger partial charge in [-0.1, -0.05) is 182 Å². The van der Waals surface area contributed by atoms with E-state index in [1.54, 1.807) is 9.80 Å². The third-order valence-electron chi connectivity index (χ3n) is 13.4. The lowest BCUT2D eigenvalue weighted by atomic mass is 10.0. The fourth-order valence-corrected chi connectivity index (χ4v) is 10.0. The monoisotopic (exact) mass is 902 g/mol. The summed E-state index contributed by atoms with van der Waals surface area (Å²) in [7, 11) is 0. The van der Waals surface area contributed by atoms with Gasteiger partial charge in [0.05, 0.1) is 35.6 Å². The molecule has 70 heavy (non-hydrogen) atoms. The van der Waals surface area contributed by atoms with E-state index in [1.807, 2.05) is 97.1 Å². The number of carbonyl (C=O) groups excluding carboxylic acids is 2. The molecule has 0 saturated heterocycles. The van der Waals surface area contributed by atoms with E-state index in [9.17, 15) is 0 Å². The second kappa shape index (κ2) is 18.1. The van der Waals surface area contributed by atoms with Gasteiger partial charge in [0.1, 0.15) is 0 Å². The van der Waals surface area contributed by atoms with Crippen LogP contribution in [0.2, 0.25) is 0 Å². The van der Waals surface area contributed by atoms with Crippen LogP contribution in [0.3, 0.4) is 0 Å². The van der Waals surface area contributed by atoms with Crippen LogP contribution >= 0.6 is 0 Å². The number of para-hydroxylation sites is 2. The third-order valence-corrected chi connectivity index (χ3v) is 13.4. The molecular formula is C64H46N4O2. The first kappa shape index (κ1) is 42.1. The Morgan fingerprint density at radius 2 is 0.586 bits per heavy atom. The zero-order valence-electron chi connectivity index (χ0n) is 38.3. The van der Waals surface area contributed by atoms with E-state index in [2.05, 4.69) is 168 Å². The number of amides is 2. The molecule has 0 fully saturated rings. The molecule has 2 aliphatic rings. The van der Waals surface area contributed by atoms with Crippen LogP contribution in [0.5, 0.6) is 0 Å². The number of rotatable bonds is 12. The minimum absolute atomic E-state index is 0.204. The lowest BCUT2D eigenvalue weighted by Gasteiger charge is -2.28. The first-order valence-corrected chi connectivity index (χ1v) is 23.7. The van der Waals surface area contributed by atoms with Crippen molar-refractivity contribution in [2.24, 2.45) is 0 Å². The predicted octanol–water partition coefficient (Wildman–Crippen LogP) is 15.1. The standard InChI is InChI=1S/C64H46N4O2/c69-63-60-59(61(65(63)43-45-17-5-1-6-18-45)49-31-35-55(36-32-49)67(53-25-9-3-10-26-53)57-39-29-47-21-13-15-23-51(47)41-57)64(70)66(44-46-19-7-2-8-20-46)62(60)50-33-37-56(38-34-50)68(54-27-11-4-12-28-54)58-40-30-48-22-14-16-24-52(48)42-58/h1-42H,43-44H2. The van der Waals surface area contributed by atoms with Gasteiger partial charge in [0.15, 0.2) is 0 Å². The Labute approximate surface area is 407 Å². The van der Waals surface area contributed by atoms with Gasteiger partial charge in [0.25, 0.3) is 11.8 Å². The van der Waals surface area contributed by atoms with Crippen molar-refractivity contribution >= 4 is 78.9 Å². The molecule has 2 heterocycles. The molecule has 12 rings (SSSR count). The van der Waals surface area contributed by atoms with Gasteiger partial charge in [-0.2, -0.15) is 0 Å². The van der Waals surface area contributed by atoms with E-state index >= 15 is 9.59 Å². The Balaban J connectivity index is 0.998. The van der Waals surface area contributed by atoms with E-state index in [-0.39, 0.29) is 11.8 Å². The van der Waals surface area contributed by atoms with Crippen molar-refractivity contribution in [1.82, 2.24) is 9.80 Å². The number of nitrogens with zero attached hydrogens (tertiary/aromatic N) is 4. The van der Waals surface area contributed by atoms with Gasteiger partial charge in [-0.3, -0.25) is 9.59 Å². The third kappa shape index (κ3) is 7.77. The van der Waals surface area contributed by atoms with Crippen LogP contribution in [0, 0.1) is 0 Å². The maximum Gasteiger partial charge on any atom is 0.261 e. The van der Waals surface area contributed by atoms with Crippen molar-refractivity contribution in [3.63, 3.8) is 0 Å². The molecule has 0 saturated carbocycles. The molecule has 0 spiro atoms. The summed E-state index contributed by atoms with van der Waals surface area (Å²) in [5.41, 5.74) is 11.5. The summed E-state index contributed by atoms with van der Waals surface area (Å²) in [4.78, 5) is 39.0. The Kier molecular flexibility index (Phi) is 10.9. The van der Waals surface area contributed by atoms with Crippen LogP contribution in [-0.2, 0) is 22.7 Å². The fraction of sp³-hybridized carbons (Fsp3) is 0.0312. The lowest BCUT2D eigenvalue weighted by molar-refractivity contribution is -0.124. The molecule has 0 aliphatic carbocycles. The van der Waals surface area contributed by atoms with Gasteiger partial charge in [-0.25, -0.2) is 0 Å². The number of hydrogen-bond donors (Lipinski definition) is 0. The van der Waals surface area contributed by atoms with E-state index in [4.69, 9.17) is 0 Å². The zero-order valence-corrected chi connectivity index (χ0v) is 38.3. The number of fused-ring (bicyclic) bond motifs is 3. The van der Waals surface area contributed by atoms with Crippen molar-refractivity contribution in [2.45, 2.75) is 13.1 Å². The van der Waals surface area contributed by atoms with E-state index in [0.717, 1.165) is 67.2 Å². The molecule has 10 aromatic carbocycles. The molecule has 2 amide bonds. The highest BCUT2D eigenvalue weighted by Crippen LogP contribution is 2.49. The summed E-state index contributed by atoms with van der Waals surface area (Å²) in [5.74, 6) is -0.407. The number of anilines is 6. The van der Waals surface area contributed by atoms with Gasteiger partial charge in [-0.15, -0.1) is 0 Å². The highest BCUT2D eigenvalue weighted by molar-refractivity contribution is 6.30. The highest BCUT2D eigenvalue weighted by atomic mass is 16.2. The van der Waals surface area contributed by atoms with Crippen molar-refractivity contribution in [3.05, 3.63) is 288 Å². The number of benzene rings is 10. The highest BCUT2D eigenvalue weighted by Gasteiger charge is 2.49. The number of hydrogen-bond acceptors (Lipinski definition) is 4. The molecule has 0 N–H and O–H groups in total. The summed E-state index contributed by atoms with van der Waals surface area (Å²) in [6.07, 6.45) is 0. The normalized spacial score (nSPS) is 13.4. The van der Waals surface area contributed by atoms with Crippen LogP contribution in [0.25, 0.3) is 32.9 Å². The van der Waals surface area contributed by atoms with Crippen molar-refractivity contribution in [3.8, 4) is 0 Å². The second-order valence-corrected chi connectivity index (χ2v) is 17.7. The summed E-state index contributed by atoms with van der Waals surface area (Å²) in [5, 5.41) is 4.63. The summed E-state index contributed by atoms with van der Waals surface area (Å²) in [6.45, 7) is 0.597. The molecule has 6 nitrogen and oxygen atoms in total. The quantitative estimate of drug-likeness (QED) is 0.123. The topological polar surface area (TPSA) is 47.1 Å². The summed E-state index contributed by atoms with van der Waals surface area (Å²) in [6, 6.07) is 87.0. The molecule has 0 aromatic heterocycles. The first-order chi connectivity index (χ1) is 34.6. The van der Waals surface area contributed by atoms with Crippen LogP contribution in [0.1, 0.15) is 22.3 Å². The SMILES string of the molecule is O=C1C2=C(c3ccc(N(c4ccccc4)c4ccc5ccccc5c4)cc3)N(Cc3ccccc3)C(=O)C2=C(c2ccc(N(c3ccccc3)c3ccc4ccccc4c3)cc2)N1Cc1ccccc1. The van der Waals surface area contributed by atoms with Crippen molar-refractivity contribution in [2.75, 3.05) is 9.80 Å². The number of carbonyl (C=O) groups is 2. The van der Waals surface area contributed by atoms with Crippen LogP contribution < -0.4 is 9.80 Å². The largest absolute Gasteiger partial charge is 0.310 e. The smallest absolute Gasteiger partial charge is 0.261 e. The van der Waals surface area contributed by atoms with E-state index in [0.29, 0.717) is 35.6 Å². The predicted molar refractivity (Wildman–Crippen MR) is 285 cm³/mol. The Hall–Kier alpha value is -9.26.